The Morgan fingerprint density at radius 1 is 1.04 bits per heavy atom. The fourth-order valence-corrected chi connectivity index (χ4v) is 4.47. The first-order valence-electron chi connectivity index (χ1n) is 8.07. The van der Waals surface area contributed by atoms with Gasteiger partial charge in [-0.05, 0) is 49.7 Å². The first kappa shape index (κ1) is 17.1. The lowest BCUT2D eigenvalue weighted by atomic mass is 10.0. The fraction of sp³-hybridized carbons (Fsp3) is 0.100. The molecule has 4 aromatic rings. The van der Waals surface area contributed by atoms with Gasteiger partial charge in [0.25, 0.3) is 0 Å². The van der Waals surface area contributed by atoms with E-state index in [-0.39, 0.29) is 5.82 Å². The summed E-state index contributed by atoms with van der Waals surface area (Å²) < 4.78 is 14.4. The van der Waals surface area contributed by atoms with Crippen LogP contribution in [0.3, 0.4) is 0 Å². The second-order valence-electron chi connectivity index (χ2n) is 5.98. The molecular weight excluding hydrogens is 413 g/mol. The van der Waals surface area contributed by atoms with Crippen molar-refractivity contribution in [1.29, 1.82) is 0 Å². The van der Waals surface area contributed by atoms with Crippen LogP contribution >= 0.6 is 27.3 Å². The third-order valence-electron chi connectivity index (χ3n) is 4.06. The van der Waals surface area contributed by atoms with Gasteiger partial charge in [0.15, 0.2) is 0 Å². The standard InChI is InChI=1S/C20H15BrFN3S/c1-11-17(13-6-8-15(22)9-7-13)18-19(23-12(2)24-20(18)26-11)25-16-5-3-4-14(21)10-16/h3-10H,1-2H3,(H,23,24,25). The summed E-state index contributed by atoms with van der Waals surface area (Å²) in [6.45, 7) is 3.95. The summed E-state index contributed by atoms with van der Waals surface area (Å²) >= 11 is 5.12. The highest BCUT2D eigenvalue weighted by atomic mass is 79.9. The van der Waals surface area contributed by atoms with E-state index in [4.69, 9.17) is 0 Å². The number of aryl methyl sites for hydroxylation is 2. The predicted molar refractivity (Wildman–Crippen MR) is 110 cm³/mol. The van der Waals surface area contributed by atoms with Gasteiger partial charge in [0.2, 0.25) is 0 Å². The second kappa shape index (κ2) is 6.78. The van der Waals surface area contributed by atoms with Crippen LogP contribution in [0.1, 0.15) is 10.7 Å². The van der Waals surface area contributed by atoms with E-state index in [1.807, 2.05) is 31.2 Å². The summed E-state index contributed by atoms with van der Waals surface area (Å²) in [5, 5.41) is 4.38. The van der Waals surface area contributed by atoms with E-state index >= 15 is 0 Å². The molecule has 2 aromatic heterocycles. The molecule has 0 aliphatic rings. The average molecular weight is 428 g/mol. The van der Waals surface area contributed by atoms with Crippen LogP contribution in [0.25, 0.3) is 21.3 Å². The van der Waals surface area contributed by atoms with E-state index in [1.54, 1.807) is 23.5 Å². The van der Waals surface area contributed by atoms with Crippen molar-refractivity contribution in [3.63, 3.8) is 0 Å². The Hall–Kier alpha value is -2.31. The summed E-state index contributed by atoms with van der Waals surface area (Å²) in [5.41, 5.74) is 2.94. The van der Waals surface area contributed by atoms with Gasteiger partial charge < -0.3 is 5.32 Å². The molecule has 26 heavy (non-hydrogen) atoms. The summed E-state index contributed by atoms with van der Waals surface area (Å²) in [7, 11) is 0. The molecule has 2 heterocycles. The van der Waals surface area contributed by atoms with Crippen LogP contribution in [0, 0.1) is 19.7 Å². The summed E-state index contributed by atoms with van der Waals surface area (Å²) in [6.07, 6.45) is 0. The van der Waals surface area contributed by atoms with Crippen molar-refractivity contribution in [2.75, 3.05) is 5.32 Å². The summed E-state index contributed by atoms with van der Waals surface area (Å²) in [5.74, 6) is 1.22. The Bertz CT molecular complexity index is 1110. The number of anilines is 2. The Morgan fingerprint density at radius 2 is 1.81 bits per heavy atom. The van der Waals surface area contributed by atoms with E-state index in [1.165, 1.54) is 12.1 Å². The number of fused-ring (bicyclic) bond motifs is 1. The van der Waals surface area contributed by atoms with Crippen LogP contribution < -0.4 is 5.32 Å². The lowest BCUT2D eigenvalue weighted by molar-refractivity contribution is 0.628. The monoisotopic (exact) mass is 427 g/mol. The topological polar surface area (TPSA) is 37.8 Å². The maximum absolute atomic E-state index is 13.4. The lowest BCUT2D eigenvalue weighted by Crippen LogP contribution is -1.98. The third-order valence-corrected chi connectivity index (χ3v) is 5.55. The number of rotatable bonds is 3. The number of nitrogens with one attached hydrogen (secondary N) is 1. The molecule has 0 atom stereocenters. The number of benzene rings is 2. The third kappa shape index (κ3) is 3.22. The van der Waals surface area contributed by atoms with Crippen molar-refractivity contribution in [3.05, 3.63) is 69.5 Å². The van der Waals surface area contributed by atoms with Gasteiger partial charge in [-0.15, -0.1) is 11.3 Å². The largest absolute Gasteiger partial charge is 0.340 e. The number of hydrogen-bond donors (Lipinski definition) is 1. The summed E-state index contributed by atoms with van der Waals surface area (Å²) in [6, 6.07) is 14.5. The van der Waals surface area contributed by atoms with Crippen LogP contribution in [-0.4, -0.2) is 9.97 Å². The molecular formula is C20H15BrFN3S. The van der Waals surface area contributed by atoms with Gasteiger partial charge in [-0.25, -0.2) is 14.4 Å². The van der Waals surface area contributed by atoms with Gasteiger partial charge in [0.05, 0.1) is 5.39 Å². The van der Waals surface area contributed by atoms with Crippen LogP contribution in [0.2, 0.25) is 0 Å². The first-order valence-corrected chi connectivity index (χ1v) is 9.68. The molecule has 1 N–H and O–H groups in total. The number of aromatic nitrogens is 2. The zero-order valence-electron chi connectivity index (χ0n) is 14.2. The molecule has 3 nitrogen and oxygen atoms in total. The minimum atomic E-state index is -0.245. The Balaban J connectivity index is 1.93. The van der Waals surface area contributed by atoms with Gasteiger partial charge >= 0.3 is 0 Å². The highest BCUT2D eigenvalue weighted by Gasteiger charge is 2.18. The van der Waals surface area contributed by atoms with Crippen molar-refractivity contribution in [1.82, 2.24) is 9.97 Å². The first-order chi connectivity index (χ1) is 12.5. The van der Waals surface area contributed by atoms with Gasteiger partial charge in [-0.2, -0.15) is 0 Å². The molecule has 130 valence electrons. The highest BCUT2D eigenvalue weighted by Crippen LogP contribution is 2.41. The van der Waals surface area contributed by atoms with Gasteiger partial charge in [-0.3, -0.25) is 0 Å². The van der Waals surface area contributed by atoms with Crippen molar-refractivity contribution in [2.45, 2.75) is 13.8 Å². The van der Waals surface area contributed by atoms with Crippen LogP contribution in [0.5, 0.6) is 0 Å². The van der Waals surface area contributed by atoms with Crippen LogP contribution in [0.4, 0.5) is 15.9 Å². The van der Waals surface area contributed by atoms with E-state index < -0.39 is 0 Å². The van der Waals surface area contributed by atoms with Crippen molar-refractivity contribution in [3.8, 4) is 11.1 Å². The molecule has 0 spiro atoms. The van der Waals surface area contributed by atoms with Gasteiger partial charge in [0.1, 0.15) is 22.3 Å². The molecule has 2 aromatic carbocycles. The predicted octanol–water partition coefficient (Wildman–Crippen LogP) is 6.62. The SMILES string of the molecule is Cc1nc(Nc2cccc(Br)c2)c2c(-c3ccc(F)cc3)c(C)sc2n1. The maximum atomic E-state index is 13.4. The number of halogens is 2. The lowest BCUT2D eigenvalue weighted by Gasteiger charge is -2.10. The number of hydrogen-bond acceptors (Lipinski definition) is 4. The van der Waals surface area contributed by atoms with Crippen molar-refractivity contribution in [2.24, 2.45) is 0 Å². The normalized spacial score (nSPS) is 11.1. The molecule has 0 aliphatic heterocycles. The van der Waals surface area contributed by atoms with Gasteiger partial charge in [-0.1, -0.05) is 34.1 Å². The minimum absolute atomic E-state index is 0.245. The van der Waals surface area contributed by atoms with Crippen molar-refractivity contribution >= 4 is 49.0 Å². The molecule has 0 aliphatic carbocycles. The highest BCUT2D eigenvalue weighted by molar-refractivity contribution is 9.10. The molecule has 6 heteroatoms. The minimum Gasteiger partial charge on any atom is -0.340 e. The molecule has 0 saturated carbocycles. The smallest absolute Gasteiger partial charge is 0.143 e. The van der Waals surface area contributed by atoms with Crippen molar-refractivity contribution < 1.29 is 4.39 Å². The average Bonchev–Trinajstić information content (AvgIpc) is 2.91. The van der Waals surface area contributed by atoms with E-state index in [0.29, 0.717) is 5.82 Å². The molecule has 0 unspecified atom stereocenters. The van der Waals surface area contributed by atoms with E-state index in [9.17, 15) is 4.39 Å². The summed E-state index contributed by atoms with van der Waals surface area (Å²) in [4.78, 5) is 11.3. The molecule has 0 radical (unpaired) electrons. The number of thiophene rings is 1. The van der Waals surface area contributed by atoms with Gasteiger partial charge in [0, 0.05) is 20.6 Å². The zero-order chi connectivity index (χ0) is 18.3. The van der Waals surface area contributed by atoms with Crippen LogP contribution in [0.15, 0.2) is 53.0 Å². The second-order valence-corrected chi connectivity index (χ2v) is 8.09. The Morgan fingerprint density at radius 3 is 2.54 bits per heavy atom. The Kier molecular flexibility index (Phi) is 4.46. The number of nitrogens with zero attached hydrogens (tertiary/aromatic N) is 2. The molecule has 0 fully saturated rings. The molecule has 0 bridgehead atoms. The Labute approximate surface area is 163 Å². The van der Waals surface area contributed by atoms with E-state index in [0.717, 1.165) is 42.2 Å². The van der Waals surface area contributed by atoms with E-state index in [2.05, 4.69) is 38.1 Å². The zero-order valence-corrected chi connectivity index (χ0v) is 16.6. The molecule has 0 amide bonds. The molecule has 4 rings (SSSR count). The quantitative estimate of drug-likeness (QED) is 0.399. The molecule has 0 saturated heterocycles. The fourth-order valence-electron chi connectivity index (χ4n) is 2.98. The maximum Gasteiger partial charge on any atom is 0.143 e. The van der Waals surface area contributed by atoms with Crippen LogP contribution in [-0.2, 0) is 0 Å².